The van der Waals surface area contributed by atoms with E-state index in [1.54, 1.807) is 0 Å². The summed E-state index contributed by atoms with van der Waals surface area (Å²) in [5.74, 6) is 1.28. The highest BCUT2D eigenvalue weighted by molar-refractivity contribution is 7.80. The van der Waals surface area contributed by atoms with Crippen LogP contribution in [0, 0.1) is 5.92 Å². The molecule has 1 atom stereocenters. The highest BCUT2D eigenvalue weighted by atomic mass is 32.1. The minimum Gasteiger partial charge on any atom is -0.349 e. The number of anilines is 1. The number of fused-ring (bicyclic) bond motifs is 1. The van der Waals surface area contributed by atoms with E-state index in [0.717, 1.165) is 10.9 Å². The zero-order valence-electron chi connectivity index (χ0n) is 8.70. The normalized spacial score (nSPS) is 25.3. The molecule has 0 aromatic heterocycles. The van der Waals surface area contributed by atoms with E-state index in [-0.39, 0.29) is 0 Å². The fourth-order valence-electron chi connectivity index (χ4n) is 2.99. The van der Waals surface area contributed by atoms with Crippen LogP contribution in [0.2, 0.25) is 0 Å². The molecule has 1 saturated carbocycles. The Bertz CT molecular complexity index is 393. The van der Waals surface area contributed by atoms with Crippen LogP contribution in [0.15, 0.2) is 24.3 Å². The van der Waals surface area contributed by atoms with Crippen LogP contribution >= 0.6 is 12.2 Å². The monoisotopic (exact) mass is 217 g/mol. The standard InChI is InChI=1S/C13H15NS/c15-13-12(9-5-1-2-6-9)10-7-3-4-8-11(10)14-13/h3-4,7-9,12H,1-2,5-6H2,(H,14,15). The Morgan fingerprint density at radius 1 is 1.13 bits per heavy atom. The molecule has 1 aromatic rings. The van der Waals surface area contributed by atoms with Gasteiger partial charge in [-0.05, 0) is 30.4 Å². The summed E-state index contributed by atoms with van der Waals surface area (Å²) in [5, 5.41) is 3.36. The highest BCUT2D eigenvalue weighted by Gasteiger charge is 2.34. The van der Waals surface area contributed by atoms with E-state index in [0.29, 0.717) is 5.92 Å². The molecular formula is C13H15NS. The van der Waals surface area contributed by atoms with E-state index in [2.05, 4.69) is 29.6 Å². The van der Waals surface area contributed by atoms with Crippen LogP contribution in [-0.2, 0) is 0 Å². The maximum absolute atomic E-state index is 5.47. The molecule has 0 spiro atoms. The predicted molar refractivity (Wildman–Crippen MR) is 67.4 cm³/mol. The Balaban J connectivity index is 1.98. The molecule has 2 aliphatic rings. The lowest BCUT2D eigenvalue weighted by Gasteiger charge is -2.17. The van der Waals surface area contributed by atoms with Crippen LogP contribution in [-0.4, -0.2) is 4.99 Å². The van der Waals surface area contributed by atoms with E-state index in [1.807, 2.05) is 0 Å². The first-order chi connectivity index (χ1) is 7.36. The lowest BCUT2D eigenvalue weighted by atomic mass is 9.86. The molecule has 1 nitrogen and oxygen atoms in total. The van der Waals surface area contributed by atoms with Crippen molar-refractivity contribution in [2.45, 2.75) is 31.6 Å². The quantitative estimate of drug-likeness (QED) is 0.720. The molecule has 1 aliphatic carbocycles. The van der Waals surface area contributed by atoms with E-state index in [4.69, 9.17) is 12.2 Å². The van der Waals surface area contributed by atoms with E-state index in [1.165, 1.54) is 36.9 Å². The van der Waals surface area contributed by atoms with Gasteiger partial charge in [-0.15, -0.1) is 0 Å². The first-order valence-electron chi connectivity index (χ1n) is 5.76. The van der Waals surface area contributed by atoms with Crippen molar-refractivity contribution >= 4 is 22.9 Å². The van der Waals surface area contributed by atoms with Gasteiger partial charge in [-0.3, -0.25) is 0 Å². The Morgan fingerprint density at radius 2 is 1.87 bits per heavy atom. The van der Waals surface area contributed by atoms with Crippen LogP contribution in [0.1, 0.15) is 37.2 Å². The summed E-state index contributed by atoms with van der Waals surface area (Å²) >= 11 is 5.47. The first-order valence-corrected chi connectivity index (χ1v) is 6.17. The van der Waals surface area contributed by atoms with Crippen molar-refractivity contribution in [2.75, 3.05) is 5.32 Å². The second kappa shape index (κ2) is 3.60. The van der Waals surface area contributed by atoms with Crippen molar-refractivity contribution in [3.63, 3.8) is 0 Å². The van der Waals surface area contributed by atoms with Gasteiger partial charge in [0.15, 0.2) is 0 Å². The lowest BCUT2D eigenvalue weighted by Crippen LogP contribution is -2.16. The maximum Gasteiger partial charge on any atom is 0.0876 e. The second-order valence-electron chi connectivity index (χ2n) is 4.60. The van der Waals surface area contributed by atoms with Crippen LogP contribution in [0.5, 0.6) is 0 Å². The van der Waals surface area contributed by atoms with Gasteiger partial charge >= 0.3 is 0 Å². The Kier molecular flexibility index (Phi) is 2.24. The zero-order valence-corrected chi connectivity index (χ0v) is 9.52. The second-order valence-corrected chi connectivity index (χ2v) is 5.04. The van der Waals surface area contributed by atoms with Crippen molar-refractivity contribution in [3.8, 4) is 0 Å². The van der Waals surface area contributed by atoms with Gasteiger partial charge < -0.3 is 5.32 Å². The van der Waals surface area contributed by atoms with Gasteiger partial charge in [0.25, 0.3) is 0 Å². The average Bonchev–Trinajstić information content (AvgIpc) is 2.82. The molecule has 0 saturated heterocycles. The Labute approximate surface area is 95.9 Å². The Morgan fingerprint density at radius 3 is 2.67 bits per heavy atom. The predicted octanol–water partition coefficient (Wildman–Crippen LogP) is 3.71. The topological polar surface area (TPSA) is 12.0 Å². The van der Waals surface area contributed by atoms with Gasteiger partial charge in [0, 0.05) is 11.6 Å². The fourth-order valence-corrected chi connectivity index (χ4v) is 3.42. The van der Waals surface area contributed by atoms with Gasteiger partial charge in [0.05, 0.1) is 4.99 Å². The molecule has 1 fully saturated rings. The SMILES string of the molecule is S=C1Nc2ccccc2C1C1CCCC1. The van der Waals surface area contributed by atoms with Crippen LogP contribution in [0.4, 0.5) is 5.69 Å². The van der Waals surface area contributed by atoms with E-state index in [9.17, 15) is 0 Å². The van der Waals surface area contributed by atoms with Crippen LogP contribution in [0.25, 0.3) is 0 Å². The number of benzene rings is 1. The molecule has 15 heavy (non-hydrogen) atoms. The van der Waals surface area contributed by atoms with Gasteiger partial charge in [-0.1, -0.05) is 43.3 Å². The first kappa shape index (κ1) is 9.34. The van der Waals surface area contributed by atoms with E-state index < -0.39 is 0 Å². The summed E-state index contributed by atoms with van der Waals surface area (Å²) in [7, 11) is 0. The van der Waals surface area contributed by atoms with Crippen molar-refractivity contribution in [1.29, 1.82) is 0 Å². The summed E-state index contributed by atoms with van der Waals surface area (Å²) in [6, 6.07) is 8.56. The molecule has 1 aliphatic heterocycles. The number of hydrogen-bond acceptors (Lipinski definition) is 1. The third kappa shape index (κ3) is 1.48. The van der Waals surface area contributed by atoms with Gasteiger partial charge in [-0.25, -0.2) is 0 Å². The van der Waals surface area contributed by atoms with Crippen molar-refractivity contribution in [1.82, 2.24) is 0 Å². The molecule has 0 amide bonds. The van der Waals surface area contributed by atoms with Crippen molar-refractivity contribution in [2.24, 2.45) is 5.92 Å². The van der Waals surface area contributed by atoms with Gasteiger partial charge in [-0.2, -0.15) is 0 Å². The number of hydrogen-bond donors (Lipinski definition) is 1. The summed E-state index contributed by atoms with van der Waals surface area (Å²) in [6.07, 6.45) is 5.46. The lowest BCUT2D eigenvalue weighted by molar-refractivity contribution is 0.521. The van der Waals surface area contributed by atoms with Gasteiger partial charge in [0.1, 0.15) is 0 Å². The molecule has 2 heteroatoms. The molecular weight excluding hydrogens is 202 g/mol. The third-order valence-electron chi connectivity index (χ3n) is 3.71. The molecule has 1 aromatic carbocycles. The fraction of sp³-hybridized carbons (Fsp3) is 0.462. The zero-order chi connectivity index (χ0) is 10.3. The van der Waals surface area contributed by atoms with Gasteiger partial charge in [0.2, 0.25) is 0 Å². The van der Waals surface area contributed by atoms with Crippen LogP contribution in [0.3, 0.4) is 0 Å². The largest absolute Gasteiger partial charge is 0.349 e. The molecule has 0 radical (unpaired) electrons. The third-order valence-corrected chi connectivity index (χ3v) is 4.06. The van der Waals surface area contributed by atoms with Crippen molar-refractivity contribution in [3.05, 3.63) is 29.8 Å². The average molecular weight is 217 g/mol. The number of nitrogens with one attached hydrogen (secondary N) is 1. The van der Waals surface area contributed by atoms with E-state index >= 15 is 0 Å². The molecule has 1 heterocycles. The summed E-state index contributed by atoms with van der Waals surface area (Å²) in [4.78, 5) is 1.04. The molecule has 78 valence electrons. The summed E-state index contributed by atoms with van der Waals surface area (Å²) in [5.41, 5.74) is 2.66. The molecule has 3 rings (SSSR count). The molecule has 1 unspecified atom stereocenters. The minimum atomic E-state index is 0.499. The number of para-hydroxylation sites is 1. The van der Waals surface area contributed by atoms with Crippen LogP contribution < -0.4 is 5.32 Å². The maximum atomic E-state index is 5.47. The highest BCUT2D eigenvalue weighted by Crippen LogP contribution is 2.44. The van der Waals surface area contributed by atoms with Crippen molar-refractivity contribution < 1.29 is 0 Å². The minimum absolute atomic E-state index is 0.499. The molecule has 0 bridgehead atoms. The smallest absolute Gasteiger partial charge is 0.0876 e. The number of thiocarbonyl (C=S) groups is 1. The summed E-state index contributed by atoms with van der Waals surface area (Å²) < 4.78 is 0. The molecule has 1 N–H and O–H groups in total. The Hall–Kier alpha value is -0.890. The summed E-state index contributed by atoms with van der Waals surface area (Å²) in [6.45, 7) is 0. The number of rotatable bonds is 1.